The third-order valence-electron chi connectivity index (χ3n) is 5.50. The number of aromatic amines is 1. The zero-order valence-corrected chi connectivity index (χ0v) is 19.6. The number of rotatable bonds is 5. The van der Waals surface area contributed by atoms with Crippen molar-refractivity contribution in [1.82, 2.24) is 30.6 Å². The molecule has 1 aromatic carbocycles. The molecule has 0 unspecified atom stereocenters. The lowest BCUT2D eigenvalue weighted by Gasteiger charge is -2.09. The number of hydrogen-bond donors (Lipinski definition) is 3. The predicted octanol–water partition coefficient (Wildman–Crippen LogP) is 2.70. The Morgan fingerprint density at radius 1 is 1.09 bits per heavy atom. The Balaban J connectivity index is 1.40. The van der Waals surface area contributed by atoms with Gasteiger partial charge in [0.15, 0.2) is 0 Å². The van der Waals surface area contributed by atoms with Crippen LogP contribution in [-0.2, 0) is 18.3 Å². The molecule has 10 heteroatoms. The molecule has 33 heavy (non-hydrogen) atoms. The number of pyridine rings is 1. The normalized spacial score (nSPS) is 11.0. The summed E-state index contributed by atoms with van der Waals surface area (Å²) >= 11 is 1.26. The second-order valence-corrected chi connectivity index (χ2v) is 8.79. The first kappa shape index (κ1) is 22.4. The maximum Gasteiger partial charge on any atom is 0.281 e. The highest BCUT2D eigenvalue weighted by Gasteiger charge is 2.18. The second kappa shape index (κ2) is 8.99. The van der Waals surface area contributed by atoms with Crippen molar-refractivity contribution in [3.63, 3.8) is 0 Å². The second-order valence-electron chi connectivity index (χ2n) is 7.79. The minimum absolute atomic E-state index is 0.0476. The molecule has 170 valence electrons. The average molecular weight is 465 g/mol. The van der Waals surface area contributed by atoms with Crippen molar-refractivity contribution in [3.8, 4) is 10.6 Å². The van der Waals surface area contributed by atoms with E-state index in [1.165, 1.54) is 11.3 Å². The van der Waals surface area contributed by atoms with Crippen LogP contribution in [0.25, 0.3) is 21.6 Å². The van der Waals surface area contributed by atoms with Gasteiger partial charge in [-0.3, -0.25) is 29.9 Å². The molecule has 0 bridgehead atoms. The van der Waals surface area contributed by atoms with Crippen LogP contribution in [0.3, 0.4) is 0 Å². The van der Waals surface area contributed by atoms with Crippen molar-refractivity contribution >= 4 is 34.2 Å². The van der Waals surface area contributed by atoms with E-state index in [2.05, 4.69) is 25.9 Å². The van der Waals surface area contributed by atoms with Crippen molar-refractivity contribution in [2.75, 3.05) is 0 Å². The lowest BCUT2D eigenvalue weighted by Crippen LogP contribution is -2.41. The van der Waals surface area contributed by atoms with E-state index >= 15 is 0 Å². The summed E-state index contributed by atoms with van der Waals surface area (Å²) in [5.41, 5.74) is 8.96. The third-order valence-corrected chi connectivity index (χ3v) is 6.70. The number of carbonyl (C=O) groups is 2. The summed E-state index contributed by atoms with van der Waals surface area (Å²) in [6.45, 7) is 5.49. The molecule has 0 aliphatic heterocycles. The molecule has 4 rings (SSSR count). The van der Waals surface area contributed by atoms with Crippen LogP contribution in [-0.4, -0.2) is 31.6 Å². The van der Waals surface area contributed by atoms with E-state index in [9.17, 15) is 14.4 Å². The van der Waals surface area contributed by atoms with Gasteiger partial charge < -0.3 is 4.98 Å². The van der Waals surface area contributed by atoms with E-state index in [1.807, 2.05) is 44.2 Å². The molecule has 0 atom stereocenters. The summed E-state index contributed by atoms with van der Waals surface area (Å²) < 4.78 is 1.63. The van der Waals surface area contributed by atoms with Gasteiger partial charge in [0.25, 0.3) is 11.5 Å². The molecule has 0 spiro atoms. The van der Waals surface area contributed by atoms with Crippen LogP contribution in [0.4, 0.5) is 0 Å². The summed E-state index contributed by atoms with van der Waals surface area (Å²) in [5.74, 6) is -0.822. The number of amides is 2. The van der Waals surface area contributed by atoms with Crippen LogP contribution in [0, 0.1) is 20.8 Å². The highest BCUT2D eigenvalue weighted by molar-refractivity contribution is 7.17. The number of thiazole rings is 1. The first-order valence-electron chi connectivity index (χ1n) is 10.4. The Kier molecular flexibility index (Phi) is 6.10. The van der Waals surface area contributed by atoms with Crippen LogP contribution in [0.15, 0.2) is 35.1 Å². The van der Waals surface area contributed by atoms with Gasteiger partial charge in [-0.2, -0.15) is 5.10 Å². The molecule has 9 nitrogen and oxygen atoms in total. The lowest BCUT2D eigenvalue weighted by atomic mass is 10.0. The van der Waals surface area contributed by atoms with Crippen LogP contribution in [0.2, 0.25) is 0 Å². The molecule has 3 N–H and O–H groups in total. The number of H-pyrrole nitrogens is 1. The summed E-state index contributed by atoms with van der Waals surface area (Å²) in [7, 11) is 1.77. The van der Waals surface area contributed by atoms with E-state index in [0.29, 0.717) is 21.8 Å². The summed E-state index contributed by atoms with van der Waals surface area (Å²) in [5, 5.41) is 5.97. The quantitative estimate of drug-likeness (QED) is 0.392. The fourth-order valence-electron chi connectivity index (χ4n) is 3.85. The Morgan fingerprint density at radius 2 is 1.82 bits per heavy atom. The highest BCUT2D eigenvalue weighted by Crippen LogP contribution is 2.27. The van der Waals surface area contributed by atoms with Gasteiger partial charge >= 0.3 is 0 Å². The smallest absolute Gasteiger partial charge is 0.281 e. The van der Waals surface area contributed by atoms with Crippen LogP contribution in [0.5, 0.6) is 0 Å². The zero-order valence-electron chi connectivity index (χ0n) is 18.8. The van der Waals surface area contributed by atoms with E-state index in [1.54, 1.807) is 18.7 Å². The number of benzene rings is 1. The minimum Gasteiger partial charge on any atom is -0.307 e. The lowest BCUT2D eigenvalue weighted by molar-refractivity contribution is -0.121. The molecular formula is C23H24N6O3S. The molecule has 4 aromatic rings. The summed E-state index contributed by atoms with van der Waals surface area (Å²) in [6.07, 6.45) is 0.289. The van der Waals surface area contributed by atoms with E-state index in [4.69, 9.17) is 0 Å². The summed E-state index contributed by atoms with van der Waals surface area (Å²) in [6, 6.07) is 9.59. The maximum atomic E-state index is 12.6. The van der Waals surface area contributed by atoms with Crippen LogP contribution in [0.1, 0.15) is 38.6 Å². The standard InChI is InChI=1S/C23H24N6O3S/c1-12-16(21(31)25-20-18(12)13(2)28-29(20)4)10-11-17(30)26-27-22(32)19-14(3)24-23(33-19)15-8-6-5-7-9-15/h5-9H,10-11H2,1-4H3,(H,25,31)(H,26,30)(H,27,32). The number of aryl methyl sites for hydroxylation is 4. The van der Waals surface area contributed by atoms with Crippen LogP contribution >= 0.6 is 11.3 Å². The first-order valence-corrected chi connectivity index (χ1v) is 11.2. The SMILES string of the molecule is Cc1nc(-c2ccccc2)sc1C(=O)NNC(=O)CCc1c(C)c2c(C)nn(C)c2[nH]c1=O. The molecule has 0 saturated carbocycles. The Bertz CT molecular complexity index is 1420. The molecule has 2 amide bonds. The number of aromatic nitrogens is 4. The fourth-order valence-corrected chi connectivity index (χ4v) is 4.82. The van der Waals surface area contributed by atoms with Crippen molar-refractivity contribution in [2.45, 2.75) is 33.6 Å². The maximum absolute atomic E-state index is 12.6. The number of carbonyl (C=O) groups excluding carboxylic acids is 2. The Labute approximate surface area is 193 Å². The average Bonchev–Trinajstić information content (AvgIpc) is 3.31. The molecule has 3 aromatic heterocycles. The van der Waals surface area contributed by atoms with Gasteiger partial charge in [0.1, 0.15) is 15.5 Å². The topological polar surface area (TPSA) is 122 Å². The molecule has 0 fully saturated rings. The fraction of sp³-hybridized carbons (Fsp3) is 0.261. The van der Waals surface area contributed by atoms with Gasteiger partial charge in [-0.1, -0.05) is 30.3 Å². The zero-order chi connectivity index (χ0) is 23.7. The van der Waals surface area contributed by atoms with Crippen LogP contribution < -0.4 is 16.4 Å². The number of nitrogens with zero attached hydrogens (tertiary/aromatic N) is 3. The largest absolute Gasteiger partial charge is 0.307 e. The monoisotopic (exact) mass is 464 g/mol. The summed E-state index contributed by atoms with van der Waals surface area (Å²) in [4.78, 5) is 45.2. The molecule has 0 aliphatic carbocycles. The van der Waals surface area contributed by atoms with E-state index in [-0.39, 0.29) is 18.4 Å². The van der Waals surface area contributed by atoms with Crippen molar-refractivity contribution in [1.29, 1.82) is 0 Å². The van der Waals surface area contributed by atoms with Crippen molar-refractivity contribution in [2.24, 2.45) is 7.05 Å². The van der Waals surface area contributed by atoms with Gasteiger partial charge in [-0.25, -0.2) is 4.98 Å². The van der Waals surface area contributed by atoms with E-state index in [0.717, 1.165) is 27.2 Å². The van der Waals surface area contributed by atoms with Gasteiger partial charge in [0.05, 0.1) is 11.4 Å². The van der Waals surface area contributed by atoms with Gasteiger partial charge in [-0.05, 0) is 32.8 Å². The molecule has 0 radical (unpaired) electrons. The Hall–Kier alpha value is -3.79. The van der Waals surface area contributed by atoms with Crippen molar-refractivity contribution < 1.29 is 9.59 Å². The number of hydrazine groups is 1. The Morgan fingerprint density at radius 3 is 2.55 bits per heavy atom. The molecular weight excluding hydrogens is 440 g/mol. The number of hydrogen-bond acceptors (Lipinski definition) is 6. The minimum atomic E-state index is -0.429. The molecule has 0 saturated heterocycles. The van der Waals surface area contributed by atoms with Gasteiger partial charge in [0, 0.05) is 30.0 Å². The molecule has 3 heterocycles. The van der Waals surface area contributed by atoms with Crippen molar-refractivity contribution in [3.05, 3.63) is 68.1 Å². The van der Waals surface area contributed by atoms with Gasteiger partial charge in [-0.15, -0.1) is 11.3 Å². The highest BCUT2D eigenvalue weighted by atomic mass is 32.1. The van der Waals surface area contributed by atoms with E-state index < -0.39 is 11.8 Å². The first-order chi connectivity index (χ1) is 15.8. The number of fused-ring (bicyclic) bond motifs is 1. The van der Waals surface area contributed by atoms with Gasteiger partial charge in [0.2, 0.25) is 5.91 Å². The predicted molar refractivity (Wildman–Crippen MR) is 127 cm³/mol. The number of nitrogens with one attached hydrogen (secondary N) is 3. The third kappa shape index (κ3) is 4.42. The molecule has 0 aliphatic rings.